The van der Waals surface area contributed by atoms with Crippen LogP contribution in [-0.4, -0.2) is 22.0 Å². The molecule has 5 nitrogen and oxygen atoms in total. The van der Waals surface area contributed by atoms with Gasteiger partial charge in [0.05, 0.1) is 11.1 Å². The Balaban J connectivity index is 1.93. The van der Waals surface area contributed by atoms with Crippen LogP contribution in [0.1, 0.15) is 25.2 Å². The molecule has 9 heteroatoms. The molecule has 0 amide bonds. The first-order valence-corrected chi connectivity index (χ1v) is 9.43. The summed E-state index contributed by atoms with van der Waals surface area (Å²) >= 11 is 0. The Kier molecular flexibility index (Phi) is 4.95. The van der Waals surface area contributed by atoms with Crippen LogP contribution in [0, 0.1) is 5.82 Å². The number of anilines is 2. The third-order valence-corrected chi connectivity index (χ3v) is 5.09. The predicted octanol–water partition coefficient (Wildman–Crippen LogP) is 4.96. The SMILES string of the molecule is CC1(C)NCC(=C=O)n2c1nc(-c1ccc(F)cc1)c2Nc1cccc(C(F)(F)F)c1. The number of hydrogen-bond acceptors (Lipinski definition) is 4. The van der Waals surface area contributed by atoms with Crippen molar-refractivity contribution in [2.45, 2.75) is 25.6 Å². The minimum atomic E-state index is -4.51. The standard InChI is InChI=1S/C22H18F4N4O/c1-21(2)20-29-18(13-6-8-15(23)9-7-13)19(30(20)17(12-31)11-27-21)28-16-5-3-4-14(10-16)22(24,25)26/h3-10,27-28H,11H2,1-2H3. The van der Waals surface area contributed by atoms with Crippen LogP contribution in [0.4, 0.5) is 29.1 Å². The van der Waals surface area contributed by atoms with Crippen molar-refractivity contribution < 1.29 is 22.4 Å². The molecule has 2 aromatic carbocycles. The summed E-state index contributed by atoms with van der Waals surface area (Å²) in [6.07, 6.45) is -4.51. The van der Waals surface area contributed by atoms with Crippen molar-refractivity contribution in [1.29, 1.82) is 0 Å². The second-order valence-corrected chi connectivity index (χ2v) is 7.71. The summed E-state index contributed by atoms with van der Waals surface area (Å²) in [5.41, 5.74) is -0.140. The Morgan fingerprint density at radius 2 is 1.87 bits per heavy atom. The molecule has 0 saturated heterocycles. The van der Waals surface area contributed by atoms with Gasteiger partial charge in [-0.3, -0.25) is 9.88 Å². The number of fused-ring (bicyclic) bond motifs is 1. The summed E-state index contributed by atoms with van der Waals surface area (Å²) in [5.74, 6) is 2.22. The van der Waals surface area contributed by atoms with Crippen LogP contribution in [0.5, 0.6) is 0 Å². The van der Waals surface area contributed by atoms with E-state index in [9.17, 15) is 22.4 Å². The van der Waals surface area contributed by atoms with Gasteiger partial charge in [-0.25, -0.2) is 14.2 Å². The van der Waals surface area contributed by atoms with Gasteiger partial charge in [0.25, 0.3) is 0 Å². The Labute approximate surface area is 175 Å². The maximum Gasteiger partial charge on any atom is 0.416 e. The van der Waals surface area contributed by atoms with Gasteiger partial charge in [0.15, 0.2) is 0 Å². The molecular formula is C22H18F4N4O. The van der Waals surface area contributed by atoms with Gasteiger partial charge >= 0.3 is 6.18 Å². The van der Waals surface area contributed by atoms with E-state index in [0.717, 1.165) is 12.1 Å². The molecule has 1 aromatic heterocycles. The molecule has 0 unspecified atom stereocenters. The molecule has 0 saturated carbocycles. The zero-order valence-electron chi connectivity index (χ0n) is 16.6. The largest absolute Gasteiger partial charge is 0.416 e. The minimum absolute atomic E-state index is 0.169. The molecule has 0 atom stereocenters. The molecule has 0 aliphatic carbocycles. The van der Waals surface area contributed by atoms with Crippen LogP contribution in [0.25, 0.3) is 17.0 Å². The Morgan fingerprint density at radius 3 is 2.52 bits per heavy atom. The van der Waals surface area contributed by atoms with Crippen LogP contribution in [0.2, 0.25) is 0 Å². The van der Waals surface area contributed by atoms with Gasteiger partial charge in [-0.1, -0.05) is 6.07 Å². The summed E-state index contributed by atoms with van der Waals surface area (Å²) in [6, 6.07) is 10.3. The highest BCUT2D eigenvalue weighted by atomic mass is 19.4. The lowest BCUT2D eigenvalue weighted by atomic mass is 10.0. The molecule has 2 N–H and O–H groups in total. The molecule has 0 bridgehead atoms. The topological polar surface area (TPSA) is 59.0 Å². The highest BCUT2D eigenvalue weighted by molar-refractivity contribution is 5.87. The van der Waals surface area contributed by atoms with E-state index in [2.05, 4.69) is 15.6 Å². The first-order chi connectivity index (χ1) is 14.6. The number of benzene rings is 2. The molecule has 0 fully saturated rings. The van der Waals surface area contributed by atoms with Crippen molar-refractivity contribution in [2.75, 3.05) is 11.9 Å². The minimum Gasteiger partial charge on any atom is -0.339 e. The fraction of sp³-hybridized carbons (Fsp3) is 0.227. The number of halogens is 4. The second-order valence-electron chi connectivity index (χ2n) is 7.71. The van der Waals surface area contributed by atoms with E-state index in [-0.39, 0.29) is 17.9 Å². The van der Waals surface area contributed by atoms with Crippen molar-refractivity contribution >= 4 is 23.1 Å². The third kappa shape index (κ3) is 3.85. The summed E-state index contributed by atoms with van der Waals surface area (Å²) in [5, 5.41) is 6.18. The van der Waals surface area contributed by atoms with Crippen LogP contribution >= 0.6 is 0 Å². The lowest BCUT2D eigenvalue weighted by Gasteiger charge is -2.32. The van der Waals surface area contributed by atoms with Gasteiger partial charge in [-0.15, -0.1) is 0 Å². The van der Waals surface area contributed by atoms with E-state index in [1.54, 1.807) is 4.57 Å². The van der Waals surface area contributed by atoms with Crippen LogP contribution < -0.4 is 10.6 Å². The molecule has 2 heterocycles. The summed E-state index contributed by atoms with van der Waals surface area (Å²) in [7, 11) is 0. The van der Waals surface area contributed by atoms with Gasteiger partial charge < -0.3 is 5.32 Å². The fourth-order valence-electron chi connectivity index (χ4n) is 3.48. The van der Waals surface area contributed by atoms with Gasteiger partial charge in [-0.05, 0) is 56.3 Å². The van der Waals surface area contributed by atoms with Crippen molar-refractivity contribution in [1.82, 2.24) is 14.9 Å². The number of hydrogen-bond donors (Lipinski definition) is 2. The number of nitrogens with zero attached hydrogens (tertiary/aromatic N) is 2. The summed E-state index contributed by atoms with van der Waals surface area (Å²) in [6.45, 7) is 3.94. The van der Waals surface area contributed by atoms with E-state index in [1.165, 1.54) is 36.4 Å². The van der Waals surface area contributed by atoms with Crippen LogP contribution in [0.3, 0.4) is 0 Å². The number of aromatic nitrogens is 2. The molecule has 0 radical (unpaired) electrons. The van der Waals surface area contributed by atoms with E-state index in [4.69, 9.17) is 0 Å². The molecule has 31 heavy (non-hydrogen) atoms. The van der Waals surface area contributed by atoms with Crippen molar-refractivity contribution in [3.63, 3.8) is 0 Å². The van der Waals surface area contributed by atoms with Gasteiger partial charge in [0.1, 0.15) is 34.8 Å². The normalized spacial score (nSPS) is 15.4. The maximum absolute atomic E-state index is 13.5. The monoisotopic (exact) mass is 430 g/mol. The smallest absolute Gasteiger partial charge is 0.339 e. The van der Waals surface area contributed by atoms with Crippen molar-refractivity contribution in [3.8, 4) is 11.3 Å². The molecule has 1 aliphatic heterocycles. The van der Waals surface area contributed by atoms with Gasteiger partial charge in [0.2, 0.25) is 0 Å². The Bertz CT molecular complexity index is 1190. The van der Waals surface area contributed by atoms with Crippen LogP contribution in [0.15, 0.2) is 48.5 Å². The number of imidazole rings is 1. The lowest BCUT2D eigenvalue weighted by molar-refractivity contribution is -0.137. The zero-order valence-corrected chi connectivity index (χ0v) is 16.6. The predicted molar refractivity (Wildman–Crippen MR) is 109 cm³/mol. The Morgan fingerprint density at radius 1 is 1.16 bits per heavy atom. The first kappa shape index (κ1) is 20.8. The summed E-state index contributed by atoms with van der Waals surface area (Å²) in [4.78, 5) is 16.3. The fourth-order valence-corrected chi connectivity index (χ4v) is 3.48. The van der Waals surface area contributed by atoms with Crippen molar-refractivity contribution in [3.05, 3.63) is 65.7 Å². The maximum atomic E-state index is 13.5. The van der Waals surface area contributed by atoms with Crippen molar-refractivity contribution in [2.24, 2.45) is 0 Å². The van der Waals surface area contributed by atoms with E-state index in [0.29, 0.717) is 22.9 Å². The number of nitrogens with one attached hydrogen (secondary N) is 2. The van der Waals surface area contributed by atoms with E-state index < -0.39 is 23.1 Å². The molecule has 4 rings (SSSR count). The lowest BCUT2D eigenvalue weighted by Crippen LogP contribution is -2.45. The number of carbonyl (C=O) groups excluding carboxylic acids is 1. The zero-order chi connectivity index (χ0) is 22.4. The molecular weight excluding hydrogens is 412 g/mol. The highest BCUT2D eigenvalue weighted by Crippen LogP contribution is 2.39. The third-order valence-electron chi connectivity index (χ3n) is 5.09. The molecule has 3 aromatic rings. The van der Waals surface area contributed by atoms with Crippen LogP contribution in [-0.2, 0) is 16.5 Å². The quantitative estimate of drug-likeness (QED) is 0.456. The first-order valence-electron chi connectivity index (χ1n) is 9.43. The highest BCUT2D eigenvalue weighted by Gasteiger charge is 2.36. The van der Waals surface area contributed by atoms with Gasteiger partial charge in [0, 0.05) is 17.8 Å². The van der Waals surface area contributed by atoms with E-state index in [1.807, 2.05) is 19.8 Å². The average Bonchev–Trinajstić information content (AvgIpc) is 3.09. The van der Waals surface area contributed by atoms with Gasteiger partial charge in [-0.2, -0.15) is 13.2 Å². The summed E-state index contributed by atoms with van der Waals surface area (Å²) < 4.78 is 54.5. The Hall–Kier alpha value is -3.42. The second kappa shape index (κ2) is 7.37. The molecule has 160 valence electrons. The number of rotatable bonds is 3. The van der Waals surface area contributed by atoms with E-state index >= 15 is 0 Å². The average molecular weight is 430 g/mol. The molecule has 0 spiro atoms. The number of alkyl halides is 3. The molecule has 1 aliphatic rings.